The Morgan fingerprint density at radius 3 is 2.47 bits per heavy atom. The number of nitro groups is 1. The van der Waals surface area contributed by atoms with Gasteiger partial charge in [-0.25, -0.2) is 0 Å². The molecular formula is C7H6FNO5S. The topological polar surface area (TPSA) is 86.5 Å². The van der Waals surface area contributed by atoms with E-state index < -0.39 is 31.5 Å². The first-order chi connectivity index (χ1) is 6.88. The van der Waals surface area contributed by atoms with Crippen LogP contribution in [0.15, 0.2) is 23.1 Å². The third kappa shape index (κ3) is 2.21. The van der Waals surface area contributed by atoms with Crippen LogP contribution in [-0.2, 0) is 10.2 Å². The van der Waals surface area contributed by atoms with Crippen molar-refractivity contribution in [1.29, 1.82) is 0 Å². The molecule has 0 aliphatic heterocycles. The van der Waals surface area contributed by atoms with E-state index in [1.165, 1.54) is 0 Å². The lowest BCUT2D eigenvalue weighted by atomic mass is 10.3. The van der Waals surface area contributed by atoms with E-state index >= 15 is 0 Å². The molecule has 0 bridgehead atoms. The predicted molar refractivity (Wildman–Crippen MR) is 47.9 cm³/mol. The molecule has 1 rings (SSSR count). The highest BCUT2D eigenvalue weighted by molar-refractivity contribution is 7.86. The van der Waals surface area contributed by atoms with Crippen LogP contribution in [0.3, 0.4) is 0 Å². The fourth-order valence-corrected chi connectivity index (χ4v) is 1.70. The number of para-hydroxylation sites is 1. The van der Waals surface area contributed by atoms with Gasteiger partial charge in [-0.3, -0.25) is 10.1 Å². The number of nitro benzene ring substituents is 1. The Bertz CT molecular complexity index is 498. The first-order valence-corrected chi connectivity index (χ1v) is 5.02. The monoisotopic (exact) mass is 235 g/mol. The van der Waals surface area contributed by atoms with Gasteiger partial charge < -0.3 is 4.74 Å². The molecule has 0 atom stereocenters. The fraction of sp³-hybridized carbons (Fsp3) is 0.143. The van der Waals surface area contributed by atoms with Crippen LogP contribution in [0.4, 0.5) is 9.57 Å². The molecule has 0 aliphatic rings. The van der Waals surface area contributed by atoms with Gasteiger partial charge in [-0.2, -0.15) is 8.42 Å². The summed E-state index contributed by atoms with van der Waals surface area (Å²) in [6.07, 6.45) is 0. The summed E-state index contributed by atoms with van der Waals surface area (Å²) in [7, 11) is -4.01. The molecule has 0 N–H and O–H groups in total. The molecule has 15 heavy (non-hydrogen) atoms. The minimum atomic E-state index is -5.03. The summed E-state index contributed by atoms with van der Waals surface area (Å²) in [5.41, 5.74) is -0.601. The second-order valence-corrected chi connectivity index (χ2v) is 3.82. The number of halogens is 1. The van der Waals surface area contributed by atoms with E-state index in [-0.39, 0.29) is 0 Å². The maximum atomic E-state index is 12.7. The molecule has 0 fully saturated rings. The van der Waals surface area contributed by atoms with Crippen LogP contribution < -0.4 is 4.74 Å². The van der Waals surface area contributed by atoms with Crippen molar-refractivity contribution in [2.75, 3.05) is 7.11 Å². The lowest BCUT2D eigenvalue weighted by Gasteiger charge is -2.04. The lowest BCUT2D eigenvalue weighted by Crippen LogP contribution is -2.00. The zero-order chi connectivity index (χ0) is 11.6. The van der Waals surface area contributed by atoms with Gasteiger partial charge in [0.2, 0.25) is 5.75 Å². The van der Waals surface area contributed by atoms with Gasteiger partial charge in [0.1, 0.15) is 4.90 Å². The van der Waals surface area contributed by atoms with Crippen molar-refractivity contribution in [1.82, 2.24) is 0 Å². The largest absolute Gasteiger partial charge is 0.489 e. The SMILES string of the molecule is COc1c([N+](=O)[O-])cccc1S(=O)(=O)F. The summed E-state index contributed by atoms with van der Waals surface area (Å²) in [6, 6.07) is 2.97. The molecule has 0 unspecified atom stereocenters. The maximum Gasteiger partial charge on any atom is 0.336 e. The third-order valence-corrected chi connectivity index (χ3v) is 2.47. The third-order valence-electron chi connectivity index (χ3n) is 1.62. The summed E-state index contributed by atoms with van der Waals surface area (Å²) < 4.78 is 38.4. The number of rotatable bonds is 3. The van der Waals surface area contributed by atoms with Gasteiger partial charge in [0.15, 0.2) is 0 Å². The number of hydrogen-bond acceptors (Lipinski definition) is 5. The predicted octanol–water partition coefficient (Wildman–Crippen LogP) is 1.26. The van der Waals surface area contributed by atoms with Crippen LogP contribution in [0.5, 0.6) is 5.75 Å². The minimum Gasteiger partial charge on any atom is -0.489 e. The van der Waals surface area contributed by atoms with E-state index in [1.807, 2.05) is 0 Å². The molecule has 1 aromatic rings. The summed E-state index contributed by atoms with van der Waals surface area (Å²) in [5, 5.41) is 10.5. The van der Waals surface area contributed by atoms with E-state index in [0.717, 1.165) is 25.3 Å². The smallest absolute Gasteiger partial charge is 0.336 e. The molecule has 0 spiro atoms. The van der Waals surface area contributed by atoms with Crippen LogP contribution in [0.25, 0.3) is 0 Å². The summed E-state index contributed by atoms with van der Waals surface area (Å²) in [4.78, 5) is 8.77. The molecule has 0 heterocycles. The Morgan fingerprint density at radius 1 is 1.47 bits per heavy atom. The Balaban J connectivity index is 3.56. The second kappa shape index (κ2) is 3.81. The second-order valence-electron chi connectivity index (χ2n) is 2.50. The Labute approximate surface area is 84.6 Å². The summed E-state index contributed by atoms with van der Waals surface area (Å²) in [5.74, 6) is -0.606. The first-order valence-electron chi connectivity index (χ1n) is 3.64. The molecule has 0 radical (unpaired) electrons. The van der Waals surface area contributed by atoms with Crippen molar-refractivity contribution in [2.45, 2.75) is 4.90 Å². The number of nitrogens with zero attached hydrogens (tertiary/aromatic N) is 1. The molecule has 0 aliphatic carbocycles. The number of ether oxygens (including phenoxy) is 1. The maximum absolute atomic E-state index is 12.7. The quantitative estimate of drug-likeness (QED) is 0.447. The molecule has 0 saturated carbocycles. The number of methoxy groups -OCH3 is 1. The number of benzene rings is 1. The Kier molecular flexibility index (Phi) is 2.89. The van der Waals surface area contributed by atoms with Crippen LogP contribution in [0.1, 0.15) is 0 Å². The van der Waals surface area contributed by atoms with Crippen LogP contribution in [0, 0.1) is 10.1 Å². The average molecular weight is 235 g/mol. The van der Waals surface area contributed by atoms with Crippen molar-refractivity contribution < 1.29 is 22.0 Å². The van der Waals surface area contributed by atoms with E-state index in [2.05, 4.69) is 4.74 Å². The van der Waals surface area contributed by atoms with E-state index in [1.54, 1.807) is 0 Å². The number of hydrogen-bond donors (Lipinski definition) is 0. The Hall–Kier alpha value is -1.70. The van der Waals surface area contributed by atoms with Gasteiger partial charge in [0.25, 0.3) is 0 Å². The summed E-state index contributed by atoms with van der Waals surface area (Å²) >= 11 is 0. The van der Waals surface area contributed by atoms with Crippen molar-refractivity contribution in [3.05, 3.63) is 28.3 Å². The Morgan fingerprint density at radius 2 is 2.07 bits per heavy atom. The fourth-order valence-electron chi connectivity index (χ4n) is 1.05. The van der Waals surface area contributed by atoms with E-state index in [9.17, 15) is 22.4 Å². The molecule has 1 aromatic carbocycles. The van der Waals surface area contributed by atoms with Gasteiger partial charge >= 0.3 is 15.9 Å². The van der Waals surface area contributed by atoms with Crippen molar-refractivity contribution in [3.8, 4) is 5.75 Å². The molecule has 8 heteroatoms. The standard InChI is InChI=1S/C7H6FNO5S/c1-14-7-5(9(10)11)3-2-4-6(7)15(8,12)13/h2-4H,1H3. The van der Waals surface area contributed by atoms with Gasteiger partial charge in [0.05, 0.1) is 12.0 Å². The highest BCUT2D eigenvalue weighted by Crippen LogP contribution is 2.34. The van der Waals surface area contributed by atoms with Gasteiger partial charge in [0, 0.05) is 6.07 Å². The van der Waals surface area contributed by atoms with Crippen LogP contribution in [0.2, 0.25) is 0 Å². The van der Waals surface area contributed by atoms with Crippen LogP contribution >= 0.6 is 0 Å². The van der Waals surface area contributed by atoms with Crippen LogP contribution in [-0.4, -0.2) is 20.5 Å². The van der Waals surface area contributed by atoms with Crippen molar-refractivity contribution >= 4 is 15.9 Å². The molecule has 82 valence electrons. The lowest BCUT2D eigenvalue weighted by molar-refractivity contribution is -0.386. The molecule has 0 saturated heterocycles. The minimum absolute atomic E-state index is 0.601. The van der Waals surface area contributed by atoms with Crippen molar-refractivity contribution in [2.24, 2.45) is 0 Å². The van der Waals surface area contributed by atoms with Gasteiger partial charge in [-0.1, -0.05) is 6.07 Å². The molecule has 0 aromatic heterocycles. The zero-order valence-corrected chi connectivity index (χ0v) is 8.32. The normalized spacial score (nSPS) is 11.1. The van der Waals surface area contributed by atoms with Gasteiger partial charge in [-0.05, 0) is 6.07 Å². The van der Waals surface area contributed by atoms with E-state index in [4.69, 9.17) is 0 Å². The average Bonchev–Trinajstić information content (AvgIpc) is 2.15. The van der Waals surface area contributed by atoms with Gasteiger partial charge in [-0.15, -0.1) is 3.89 Å². The molecule has 6 nitrogen and oxygen atoms in total. The molecule has 0 amide bonds. The first kappa shape index (κ1) is 11.4. The highest BCUT2D eigenvalue weighted by atomic mass is 32.3. The highest BCUT2D eigenvalue weighted by Gasteiger charge is 2.26. The summed E-state index contributed by atoms with van der Waals surface area (Å²) in [6.45, 7) is 0. The van der Waals surface area contributed by atoms with Crippen molar-refractivity contribution in [3.63, 3.8) is 0 Å². The van der Waals surface area contributed by atoms with E-state index in [0.29, 0.717) is 0 Å². The molecular weight excluding hydrogens is 229 g/mol. The zero-order valence-electron chi connectivity index (χ0n) is 7.51.